The maximum absolute atomic E-state index is 11.4. The number of hydrogen-bond donors (Lipinski definition) is 0. The molecule has 1 fully saturated rings. The molecule has 25 heavy (non-hydrogen) atoms. The highest BCUT2D eigenvalue weighted by atomic mass is 16.1. The van der Waals surface area contributed by atoms with Crippen molar-refractivity contribution < 1.29 is 4.79 Å². The van der Waals surface area contributed by atoms with Gasteiger partial charge in [0.25, 0.3) is 0 Å². The van der Waals surface area contributed by atoms with Gasteiger partial charge in [0.2, 0.25) is 0 Å². The lowest BCUT2D eigenvalue weighted by atomic mass is 9.85. The lowest BCUT2D eigenvalue weighted by Gasteiger charge is -2.37. The molecule has 1 atom stereocenters. The number of carbonyl (C=O) groups is 1. The van der Waals surface area contributed by atoms with Crippen LogP contribution in [0.25, 0.3) is 0 Å². The first-order valence-corrected chi connectivity index (χ1v) is 9.44. The van der Waals surface area contributed by atoms with Crippen LogP contribution < -0.4 is 4.90 Å². The summed E-state index contributed by atoms with van der Waals surface area (Å²) in [6.45, 7) is 13.3. The lowest BCUT2D eigenvalue weighted by molar-refractivity contribution is 0.101. The fraction of sp³-hybridized carbons (Fsp3) is 0.500. The first kappa shape index (κ1) is 17.9. The smallest absolute Gasteiger partial charge is 0.159 e. The van der Waals surface area contributed by atoms with Crippen molar-refractivity contribution in [1.29, 1.82) is 0 Å². The van der Waals surface area contributed by atoms with Crippen molar-refractivity contribution in [3.63, 3.8) is 0 Å². The number of ketones is 1. The van der Waals surface area contributed by atoms with Crippen LogP contribution in [-0.2, 0) is 0 Å². The van der Waals surface area contributed by atoms with E-state index in [1.54, 1.807) is 12.5 Å². The summed E-state index contributed by atoms with van der Waals surface area (Å²) in [5, 5.41) is 0. The lowest BCUT2D eigenvalue weighted by Crippen LogP contribution is -2.47. The van der Waals surface area contributed by atoms with E-state index in [-0.39, 0.29) is 5.78 Å². The minimum Gasteiger partial charge on any atom is -0.369 e. The molecule has 1 heterocycles. The zero-order valence-corrected chi connectivity index (χ0v) is 15.6. The Balaban J connectivity index is 1.49. The molecule has 1 aromatic rings. The highest BCUT2D eigenvalue weighted by Gasteiger charge is 2.20. The number of hydrogen-bond acceptors (Lipinski definition) is 3. The number of anilines is 1. The SMILES string of the molecule is C=C(C)[C@H]1CC=C(CN2CCN(c3ccc(C(C)=O)cc3)CC2)CC1. The van der Waals surface area contributed by atoms with Crippen molar-refractivity contribution in [2.75, 3.05) is 37.6 Å². The van der Waals surface area contributed by atoms with Gasteiger partial charge in [-0.3, -0.25) is 9.69 Å². The summed E-state index contributed by atoms with van der Waals surface area (Å²) in [7, 11) is 0. The number of rotatable bonds is 5. The van der Waals surface area contributed by atoms with E-state index in [9.17, 15) is 4.79 Å². The highest BCUT2D eigenvalue weighted by molar-refractivity contribution is 5.94. The Labute approximate surface area is 152 Å². The second-order valence-corrected chi connectivity index (χ2v) is 7.55. The Hall–Kier alpha value is -1.87. The van der Waals surface area contributed by atoms with Crippen LogP contribution in [0.15, 0.2) is 48.1 Å². The van der Waals surface area contributed by atoms with Gasteiger partial charge in [0.05, 0.1) is 0 Å². The van der Waals surface area contributed by atoms with E-state index in [0.29, 0.717) is 5.92 Å². The van der Waals surface area contributed by atoms with Gasteiger partial charge in [0, 0.05) is 44.0 Å². The van der Waals surface area contributed by atoms with Gasteiger partial charge in [-0.1, -0.05) is 23.8 Å². The predicted octanol–water partition coefficient (Wildman–Crippen LogP) is 4.31. The molecule has 0 spiro atoms. The van der Waals surface area contributed by atoms with Gasteiger partial charge in [0.15, 0.2) is 5.78 Å². The number of Topliss-reactive ketones (excluding diaryl/α,β-unsaturated/α-hetero) is 1. The van der Waals surface area contributed by atoms with Gasteiger partial charge in [-0.15, -0.1) is 0 Å². The first-order valence-electron chi connectivity index (χ1n) is 9.44. The minimum absolute atomic E-state index is 0.131. The zero-order valence-electron chi connectivity index (χ0n) is 15.6. The Kier molecular flexibility index (Phi) is 5.74. The number of allylic oxidation sites excluding steroid dienone is 2. The van der Waals surface area contributed by atoms with Crippen molar-refractivity contribution in [3.05, 3.63) is 53.6 Å². The van der Waals surface area contributed by atoms with Crippen molar-refractivity contribution in [3.8, 4) is 0 Å². The monoisotopic (exact) mass is 338 g/mol. The van der Waals surface area contributed by atoms with Crippen molar-refractivity contribution >= 4 is 11.5 Å². The van der Waals surface area contributed by atoms with Crippen LogP contribution in [0.3, 0.4) is 0 Å². The molecule has 0 amide bonds. The molecule has 0 bridgehead atoms. The average Bonchev–Trinajstić information content (AvgIpc) is 2.63. The quantitative estimate of drug-likeness (QED) is 0.590. The molecule has 0 N–H and O–H groups in total. The van der Waals surface area contributed by atoms with Gasteiger partial charge >= 0.3 is 0 Å². The summed E-state index contributed by atoms with van der Waals surface area (Å²) in [5.41, 5.74) is 4.96. The molecule has 3 nitrogen and oxygen atoms in total. The van der Waals surface area contributed by atoms with Gasteiger partial charge < -0.3 is 4.90 Å². The van der Waals surface area contributed by atoms with Crippen LogP contribution in [0.4, 0.5) is 5.69 Å². The average molecular weight is 338 g/mol. The van der Waals surface area contributed by atoms with E-state index in [1.165, 1.54) is 30.5 Å². The largest absolute Gasteiger partial charge is 0.369 e. The van der Waals surface area contributed by atoms with Crippen LogP contribution in [0.5, 0.6) is 0 Å². The Morgan fingerprint density at radius 3 is 2.32 bits per heavy atom. The zero-order chi connectivity index (χ0) is 17.8. The molecule has 1 aliphatic carbocycles. The van der Waals surface area contributed by atoms with Gasteiger partial charge in [0.1, 0.15) is 0 Å². The summed E-state index contributed by atoms with van der Waals surface area (Å²) < 4.78 is 0. The molecule has 3 rings (SSSR count). The topological polar surface area (TPSA) is 23.6 Å². The predicted molar refractivity (Wildman–Crippen MR) is 105 cm³/mol. The van der Waals surface area contributed by atoms with E-state index in [4.69, 9.17) is 0 Å². The standard InChI is InChI=1S/C22H30N2O/c1-17(2)20-6-4-19(5-7-20)16-23-12-14-24(15-13-23)22-10-8-21(9-11-22)18(3)25/h4,8-11,20H,1,5-7,12-16H2,2-3H3/t20-/m0/s1. The van der Waals surface area contributed by atoms with Crippen LogP contribution in [0.1, 0.15) is 43.5 Å². The summed E-state index contributed by atoms with van der Waals surface area (Å²) in [5.74, 6) is 0.824. The molecule has 0 unspecified atom stereocenters. The van der Waals surface area contributed by atoms with E-state index in [2.05, 4.69) is 41.5 Å². The van der Waals surface area contributed by atoms with E-state index >= 15 is 0 Å². The third-order valence-corrected chi connectivity index (χ3v) is 5.64. The molecule has 0 saturated carbocycles. The summed E-state index contributed by atoms with van der Waals surface area (Å²) in [6, 6.07) is 8.03. The van der Waals surface area contributed by atoms with Crippen molar-refractivity contribution in [2.45, 2.75) is 33.1 Å². The molecule has 1 saturated heterocycles. The van der Waals surface area contributed by atoms with Crippen molar-refractivity contribution in [2.24, 2.45) is 5.92 Å². The van der Waals surface area contributed by atoms with Gasteiger partial charge in [-0.05, 0) is 63.3 Å². The minimum atomic E-state index is 0.131. The van der Waals surface area contributed by atoms with Crippen LogP contribution in [0.2, 0.25) is 0 Å². The third kappa shape index (κ3) is 4.60. The Bertz CT molecular complexity index is 651. The summed E-state index contributed by atoms with van der Waals surface area (Å²) in [6.07, 6.45) is 6.12. The normalized spacial score (nSPS) is 21.8. The fourth-order valence-electron chi connectivity index (χ4n) is 3.84. The molecule has 0 aromatic heterocycles. The van der Waals surface area contributed by atoms with E-state index < -0.39 is 0 Å². The third-order valence-electron chi connectivity index (χ3n) is 5.64. The Morgan fingerprint density at radius 2 is 1.80 bits per heavy atom. The van der Waals surface area contributed by atoms with E-state index in [1.807, 2.05) is 12.1 Å². The maximum Gasteiger partial charge on any atom is 0.159 e. The Morgan fingerprint density at radius 1 is 1.12 bits per heavy atom. The second kappa shape index (κ2) is 8.01. The maximum atomic E-state index is 11.4. The second-order valence-electron chi connectivity index (χ2n) is 7.55. The summed E-state index contributed by atoms with van der Waals surface area (Å²) in [4.78, 5) is 16.4. The molecule has 1 aliphatic heterocycles. The van der Waals surface area contributed by atoms with Crippen LogP contribution in [-0.4, -0.2) is 43.4 Å². The number of benzene rings is 1. The van der Waals surface area contributed by atoms with Crippen LogP contribution >= 0.6 is 0 Å². The molecular weight excluding hydrogens is 308 g/mol. The number of nitrogens with zero attached hydrogens (tertiary/aromatic N) is 2. The van der Waals surface area contributed by atoms with Gasteiger partial charge in [-0.25, -0.2) is 0 Å². The number of piperazine rings is 1. The fourth-order valence-corrected chi connectivity index (χ4v) is 3.84. The molecule has 0 radical (unpaired) electrons. The molecular formula is C22H30N2O. The molecule has 3 heteroatoms. The number of carbonyl (C=O) groups excluding carboxylic acids is 1. The molecule has 1 aromatic carbocycles. The molecule has 134 valence electrons. The van der Waals surface area contributed by atoms with Gasteiger partial charge in [-0.2, -0.15) is 0 Å². The highest BCUT2D eigenvalue weighted by Crippen LogP contribution is 2.28. The molecule has 2 aliphatic rings. The van der Waals surface area contributed by atoms with Crippen molar-refractivity contribution in [1.82, 2.24) is 4.90 Å². The first-order chi connectivity index (χ1) is 12.0. The van der Waals surface area contributed by atoms with Crippen LogP contribution in [0, 0.1) is 5.92 Å². The van der Waals surface area contributed by atoms with E-state index in [0.717, 1.165) is 38.3 Å². The summed E-state index contributed by atoms with van der Waals surface area (Å²) >= 11 is 0.